The highest BCUT2D eigenvalue weighted by molar-refractivity contribution is 6.32. The monoisotopic (exact) mass is 397 g/mol. The first-order valence-corrected chi connectivity index (χ1v) is 8.51. The first kappa shape index (κ1) is 19.2. The van der Waals surface area contributed by atoms with Crippen LogP contribution in [0.15, 0.2) is 41.3 Å². The molecular weight excluding hydrogens is 385 g/mol. The number of hydrogen-bond donors (Lipinski definition) is 1. The van der Waals surface area contributed by atoms with Gasteiger partial charge in [-0.3, -0.25) is 14.7 Å². The summed E-state index contributed by atoms with van der Waals surface area (Å²) in [6.07, 6.45) is 7.38. The van der Waals surface area contributed by atoms with Crippen LogP contribution in [0.5, 0.6) is 5.75 Å². The van der Waals surface area contributed by atoms with E-state index < -0.39 is 11.6 Å². The van der Waals surface area contributed by atoms with Crippen molar-refractivity contribution in [1.29, 1.82) is 5.26 Å². The van der Waals surface area contributed by atoms with Gasteiger partial charge in [0.2, 0.25) is 0 Å². The molecule has 7 nitrogen and oxygen atoms in total. The largest absolute Gasteiger partial charge is 0.504 e. The third-order valence-corrected chi connectivity index (χ3v) is 4.11. The van der Waals surface area contributed by atoms with E-state index in [-0.39, 0.29) is 22.3 Å². The molecule has 9 heteroatoms. The summed E-state index contributed by atoms with van der Waals surface area (Å²) in [5, 5.41) is 18.0. The fraction of sp³-hybridized carbons (Fsp3) is 0.105. The van der Waals surface area contributed by atoms with E-state index in [4.69, 9.17) is 16.9 Å². The molecule has 0 saturated heterocycles. The summed E-state index contributed by atoms with van der Waals surface area (Å²) in [5.41, 5.74) is 1.10. The van der Waals surface area contributed by atoms with Crippen molar-refractivity contribution in [3.8, 4) is 11.8 Å². The Balaban J connectivity index is 1.91. The first-order valence-electron chi connectivity index (χ1n) is 8.13. The number of carbonyl (C=O) groups excluding carboxylic acids is 1. The molecule has 1 N–H and O–H groups in total. The Morgan fingerprint density at radius 1 is 1.32 bits per heavy atom. The minimum absolute atomic E-state index is 0.105. The standard InChI is InChI=1S/C19H13ClFN5O2/c1-2-26-17(4-3-12-9-24-13(8-22)10-23-12)25-16(19(26)28)7-11-5-14(20)18(27)15(21)6-11/h3-7,9-10,27H,2H2,1H3/b4-3+,16-7-. The van der Waals surface area contributed by atoms with Crippen LogP contribution in [0.4, 0.5) is 4.39 Å². The number of amidine groups is 1. The topological polar surface area (TPSA) is 102 Å². The number of rotatable bonds is 4. The summed E-state index contributed by atoms with van der Waals surface area (Å²) >= 11 is 5.77. The molecule has 1 aliphatic heterocycles. The Labute approximate surface area is 164 Å². The molecule has 0 saturated carbocycles. The second-order valence-electron chi connectivity index (χ2n) is 5.65. The number of phenolic OH excluding ortho intramolecular Hbond substituents is 1. The highest BCUT2D eigenvalue weighted by Gasteiger charge is 2.27. The van der Waals surface area contributed by atoms with E-state index in [0.717, 1.165) is 6.07 Å². The van der Waals surface area contributed by atoms with E-state index in [1.807, 2.05) is 6.07 Å². The van der Waals surface area contributed by atoms with Crippen LogP contribution >= 0.6 is 11.6 Å². The van der Waals surface area contributed by atoms with Gasteiger partial charge in [0.15, 0.2) is 17.3 Å². The van der Waals surface area contributed by atoms with Crippen molar-refractivity contribution in [2.45, 2.75) is 6.92 Å². The van der Waals surface area contributed by atoms with Crippen LogP contribution in [0, 0.1) is 17.1 Å². The van der Waals surface area contributed by atoms with Crippen LogP contribution in [-0.2, 0) is 4.79 Å². The van der Waals surface area contributed by atoms with Crippen LogP contribution in [0.3, 0.4) is 0 Å². The first-order chi connectivity index (χ1) is 13.4. The number of nitriles is 1. The van der Waals surface area contributed by atoms with E-state index in [2.05, 4.69) is 15.0 Å². The molecular formula is C19H13ClFN5O2. The number of halogens is 2. The molecule has 0 spiro atoms. The van der Waals surface area contributed by atoms with Crippen molar-refractivity contribution in [2.24, 2.45) is 4.99 Å². The predicted molar refractivity (Wildman–Crippen MR) is 102 cm³/mol. The van der Waals surface area contributed by atoms with Crippen molar-refractivity contribution in [1.82, 2.24) is 14.9 Å². The van der Waals surface area contributed by atoms with E-state index in [1.54, 1.807) is 19.1 Å². The normalized spacial score (nSPS) is 15.4. The average Bonchev–Trinajstić information content (AvgIpc) is 2.99. The number of likely N-dealkylation sites (N-methyl/N-ethyl adjacent to an activating group) is 1. The van der Waals surface area contributed by atoms with Gasteiger partial charge in [-0.25, -0.2) is 14.4 Å². The molecule has 2 aromatic rings. The number of aliphatic imine (C=N–C) groups is 1. The SMILES string of the molecule is CCN1C(=O)/C(=C/c2cc(F)c(O)c(Cl)c2)N=C1/C=C/c1cnc(C#N)cn1. The lowest BCUT2D eigenvalue weighted by molar-refractivity contribution is -0.122. The summed E-state index contributed by atoms with van der Waals surface area (Å²) < 4.78 is 13.7. The molecule has 2 heterocycles. The zero-order valence-electron chi connectivity index (χ0n) is 14.6. The molecule has 1 aromatic carbocycles. The molecule has 1 aromatic heterocycles. The second-order valence-corrected chi connectivity index (χ2v) is 6.06. The Morgan fingerprint density at radius 2 is 2.11 bits per heavy atom. The molecule has 0 unspecified atom stereocenters. The number of carbonyl (C=O) groups is 1. The smallest absolute Gasteiger partial charge is 0.278 e. The summed E-state index contributed by atoms with van der Waals surface area (Å²) in [4.78, 5) is 26.3. The van der Waals surface area contributed by atoms with Crippen LogP contribution in [-0.4, -0.2) is 38.3 Å². The highest BCUT2D eigenvalue weighted by Crippen LogP contribution is 2.29. The van der Waals surface area contributed by atoms with E-state index in [9.17, 15) is 14.3 Å². The molecule has 0 aliphatic carbocycles. The van der Waals surface area contributed by atoms with Crippen molar-refractivity contribution in [3.63, 3.8) is 0 Å². The number of hydrogen-bond acceptors (Lipinski definition) is 6. The molecule has 0 bridgehead atoms. The quantitative estimate of drug-likeness (QED) is 0.798. The Kier molecular flexibility index (Phi) is 5.47. The van der Waals surface area contributed by atoms with Crippen molar-refractivity contribution >= 4 is 35.5 Å². The zero-order valence-corrected chi connectivity index (χ0v) is 15.4. The van der Waals surface area contributed by atoms with Gasteiger partial charge in [0.05, 0.1) is 23.1 Å². The Hall–Kier alpha value is -3.57. The highest BCUT2D eigenvalue weighted by atomic mass is 35.5. The van der Waals surface area contributed by atoms with Gasteiger partial charge in [0.25, 0.3) is 5.91 Å². The van der Waals surface area contributed by atoms with Crippen molar-refractivity contribution in [3.05, 3.63) is 64.1 Å². The van der Waals surface area contributed by atoms with Crippen LogP contribution < -0.4 is 0 Å². The molecule has 0 atom stereocenters. The van der Waals surface area contributed by atoms with Gasteiger partial charge in [0.1, 0.15) is 17.6 Å². The summed E-state index contributed by atoms with van der Waals surface area (Å²) in [6.45, 7) is 2.17. The maximum atomic E-state index is 13.7. The third kappa shape index (κ3) is 3.89. The van der Waals surface area contributed by atoms with Crippen molar-refractivity contribution in [2.75, 3.05) is 6.54 Å². The van der Waals surface area contributed by atoms with E-state index in [1.165, 1.54) is 29.4 Å². The number of amides is 1. The molecule has 0 radical (unpaired) electrons. The fourth-order valence-electron chi connectivity index (χ4n) is 2.47. The van der Waals surface area contributed by atoms with Crippen LogP contribution in [0.2, 0.25) is 5.02 Å². The van der Waals surface area contributed by atoms with Gasteiger partial charge < -0.3 is 5.11 Å². The lowest BCUT2D eigenvalue weighted by Crippen LogP contribution is -2.30. The average molecular weight is 398 g/mol. The number of aromatic nitrogens is 2. The minimum atomic E-state index is -0.888. The molecule has 3 rings (SSSR count). The van der Waals surface area contributed by atoms with E-state index in [0.29, 0.717) is 23.6 Å². The molecule has 1 aliphatic rings. The molecule has 28 heavy (non-hydrogen) atoms. The number of phenols is 1. The predicted octanol–water partition coefficient (Wildman–Crippen LogP) is 3.16. The van der Waals surface area contributed by atoms with Crippen LogP contribution in [0.25, 0.3) is 12.2 Å². The summed E-state index contributed by atoms with van der Waals surface area (Å²) in [7, 11) is 0. The second kappa shape index (κ2) is 7.98. The van der Waals surface area contributed by atoms with Gasteiger partial charge in [-0.2, -0.15) is 5.26 Å². The van der Waals surface area contributed by atoms with E-state index >= 15 is 0 Å². The zero-order chi connectivity index (χ0) is 20.3. The third-order valence-electron chi connectivity index (χ3n) is 3.82. The summed E-state index contributed by atoms with van der Waals surface area (Å²) in [6, 6.07) is 4.28. The maximum absolute atomic E-state index is 13.7. The van der Waals surface area contributed by atoms with Gasteiger partial charge in [0, 0.05) is 6.54 Å². The maximum Gasteiger partial charge on any atom is 0.278 e. The van der Waals surface area contributed by atoms with Gasteiger partial charge in [-0.15, -0.1) is 0 Å². The van der Waals surface area contributed by atoms with Gasteiger partial charge in [-0.05, 0) is 42.8 Å². The number of nitrogens with zero attached hydrogens (tertiary/aromatic N) is 5. The lowest BCUT2D eigenvalue weighted by atomic mass is 10.1. The Morgan fingerprint density at radius 3 is 2.71 bits per heavy atom. The number of aromatic hydroxyl groups is 1. The lowest BCUT2D eigenvalue weighted by Gasteiger charge is -2.12. The summed E-state index contributed by atoms with van der Waals surface area (Å²) in [5.74, 6) is -1.50. The number of benzene rings is 1. The van der Waals surface area contributed by atoms with Crippen molar-refractivity contribution < 1.29 is 14.3 Å². The van der Waals surface area contributed by atoms with Crippen LogP contribution in [0.1, 0.15) is 23.9 Å². The van der Waals surface area contributed by atoms with Gasteiger partial charge >= 0.3 is 0 Å². The Bertz CT molecular complexity index is 1050. The molecule has 140 valence electrons. The fourth-order valence-corrected chi connectivity index (χ4v) is 2.69. The molecule has 1 amide bonds. The molecule has 0 fully saturated rings. The van der Waals surface area contributed by atoms with Gasteiger partial charge in [-0.1, -0.05) is 11.6 Å². The minimum Gasteiger partial charge on any atom is -0.504 e.